The molecule has 0 aliphatic heterocycles. The van der Waals surface area contributed by atoms with Gasteiger partial charge in [0, 0.05) is 35.5 Å². The zero-order valence-corrected chi connectivity index (χ0v) is 17.2. The van der Waals surface area contributed by atoms with Crippen LogP contribution in [0.2, 0.25) is 0 Å². The van der Waals surface area contributed by atoms with Crippen molar-refractivity contribution in [3.8, 4) is 11.3 Å². The summed E-state index contributed by atoms with van der Waals surface area (Å²) in [5, 5.41) is 4.96. The number of hydrogen-bond acceptors (Lipinski definition) is 5. The van der Waals surface area contributed by atoms with Gasteiger partial charge in [-0.15, -0.1) is 11.3 Å². The summed E-state index contributed by atoms with van der Waals surface area (Å²) in [6, 6.07) is 7.51. The monoisotopic (exact) mass is 422 g/mol. The summed E-state index contributed by atoms with van der Waals surface area (Å²) < 4.78 is 0. The van der Waals surface area contributed by atoms with Crippen molar-refractivity contribution >= 4 is 34.1 Å². The van der Waals surface area contributed by atoms with E-state index in [9.17, 15) is 14.4 Å². The molecule has 0 atom stereocenters. The Morgan fingerprint density at radius 2 is 1.90 bits per heavy atom. The second-order valence-electron chi connectivity index (χ2n) is 7.37. The Morgan fingerprint density at radius 1 is 1.10 bits per heavy atom. The number of aromatic nitrogens is 2. The second kappa shape index (κ2) is 8.62. The number of nitrogens with two attached hydrogens (primary N) is 1. The summed E-state index contributed by atoms with van der Waals surface area (Å²) in [6.07, 6.45) is 6.35. The van der Waals surface area contributed by atoms with Gasteiger partial charge in [-0.1, -0.05) is 12.1 Å². The largest absolute Gasteiger partial charge is 0.364 e. The maximum Gasteiger partial charge on any atom is 0.265 e. The molecule has 1 aliphatic carbocycles. The summed E-state index contributed by atoms with van der Waals surface area (Å²) in [6.45, 7) is 0. The molecule has 30 heavy (non-hydrogen) atoms. The topological polar surface area (TPSA) is 118 Å². The minimum Gasteiger partial charge on any atom is -0.364 e. The Kier molecular flexibility index (Phi) is 5.76. The van der Waals surface area contributed by atoms with Crippen LogP contribution in [0.4, 0.5) is 5.13 Å². The lowest BCUT2D eigenvalue weighted by molar-refractivity contribution is -0.116. The van der Waals surface area contributed by atoms with Gasteiger partial charge >= 0.3 is 0 Å². The molecule has 2 aromatic heterocycles. The molecule has 1 aliphatic rings. The van der Waals surface area contributed by atoms with E-state index >= 15 is 0 Å². The highest BCUT2D eigenvalue weighted by atomic mass is 32.1. The molecular weight excluding hydrogens is 400 g/mol. The molecule has 2 amide bonds. The van der Waals surface area contributed by atoms with E-state index in [4.69, 9.17) is 5.73 Å². The normalized spacial score (nSPS) is 12.9. The van der Waals surface area contributed by atoms with E-state index in [0.717, 1.165) is 19.3 Å². The fraction of sp³-hybridized carbons (Fsp3) is 0.273. The van der Waals surface area contributed by atoms with Crippen molar-refractivity contribution < 1.29 is 14.4 Å². The minimum absolute atomic E-state index is 0.0235. The third-order valence-electron chi connectivity index (χ3n) is 5.24. The van der Waals surface area contributed by atoms with Crippen LogP contribution < -0.4 is 11.1 Å². The number of aryl methyl sites for hydroxylation is 2. The highest BCUT2D eigenvalue weighted by molar-refractivity contribution is 7.14. The molecule has 3 aromatic rings. The molecular formula is C22H22N4O3S. The van der Waals surface area contributed by atoms with Crippen LogP contribution in [0.1, 0.15) is 57.7 Å². The number of aromatic amines is 1. The number of primary amides is 1. The predicted octanol–water partition coefficient (Wildman–Crippen LogP) is 3.72. The SMILES string of the molecule is NC(=O)c1cc(-c2csc(NC(=O)CCC(=O)c3ccc4c(c3)CCCC4)n2)c[nH]1. The lowest BCUT2D eigenvalue weighted by Crippen LogP contribution is -2.14. The van der Waals surface area contributed by atoms with Crippen LogP contribution in [0.25, 0.3) is 11.3 Å². The van der Waals surface area contributed by atoms with Gasteiger partial charge in [0.05, 0.1) is 5.69 Å². The maximum absolute atomic E-state index is 12.5. The maximum atomic E-state index is 12.5. The Bertz CT molecular complexity index is 1120. The highest BCUT2D eigenvalue weighted by Crippen LogP contribution is 2.26. The van der Waals surface area contributed by atoms with E-state index in [0.29, 0.717) is 27.6 Å². The average molecular weight is 423 g/mol. The number of amides is 2. The van der Waals surface area contributed by atoms with E-state index < -0.39 is 5.91 Å². The number of carbonyl (C=O) groups excluding carboxylic acids is 3. The molecule has 0 bridgehead atoms. The summed E-state index contributed by atoms with van der Waals surface area (Å²) >= 11 is 1.28. The van der Waals surface area contributed by atoms with Crippen LogP contribution in [0, 0.1) is 0 Å². The first-order valence-corrected chi connectivity index (χ1v) is 10.8. The second-order valence-corrected chi connectivity index (χ2v) is 8.22. The first-order valence-electron chi connectivity index (χ1n) is 9.88. The Balaban J connectivity index is 1.32. The summed E-state index contributed by atoms with van der Waals surface area (Å²) in [5.74, 6) is -0.827. The highest BCUT2D eigenvalue weighted by Gasteiger charge is 2.15. The van der Waals surface area contributed by atoms with Crippen molar-refractivity contribution in [2.75, 3.05) is 5.32 Å². The third kappa shape index (κ3) is 4.49. The molecule has 2 heterocycles. The van der Waals surface area contributed by atoms with Crippen molar-refractivity contribution in [3.05, 3.63) is 58.2 Å². The van der Waals surface area contributed by atoms with Gasteiger partial charge < -0.3 is 16.0 Å². The molecule has 4 N–H and O–H groups in total. The van der Waals surface area contributed by atoms with Crippen LogP contribution in [0.3, 0.4) is 0 Å². The van der Waals surface area contributed by atoms with Gasteiger partial charge in [-0.05, 0) is 48.9 Å². The number of Topliss-reactive ketones (excluding diaryl/α,β-unsaturated/α-hetero) is 1. The Hall–Kier alpha value is -3.26. The summed E-state index contributed by atoms with van der Waals surface area (Å²) in [5.41, 5.74) is 10.1. The molecule has 1 aromatic carbocycles. The van der Waals surface area contributed by atoms with Gasteiger partial charge in [0.15, 0.2) is 10.9 Å². The summed E-state index contributed by atoms with van der Waals surface area (Å²) in [4.78, 5) is 43.1. The molecule has 0 fully saturated rings. The standard InChI is InChI=1S/C22H22N4O3S/c23-21(29)17-10-16(11-24-17)18-12-30-22(25-18)26-20(28)8-7-19(27)15-6-5-13-3-1-2-4-14(13)9-15/h5-6,9-12,24H,1-4,7-8H2,(H2,23,29)(H,25,26,28). The number of carbonyl (C=O) groups is 3. The lowest BCUT2D eigenvalue weighted by Gasteiger charge is -2.16. The number of thiazole rings is 1. The minimum atomic E-state index is -0.548. The van der Waals surface area contributed by atoms with Gasteiger partial charge in [0.1, 0.15) is 5.69 Å². The lowest BCUT2D eigenvalue weighted by atomic mass is 9.89. The first kappa shape index (κ1) is 20.0. The number of nitrogens with one attached hydrogen (secondary N) is 2. The fourth-order valence-corrected chi connectivity index (χ4v) is 4.34. The van der Waals surface area contributed by atoms with E-state index in [1.165, 1.54) is 28.9 Å². The van der Waals surface area contributed by atoms with E-state index in [1.54, 1.807) is 17.6 Å². The van der Waals surface area contributed by atoms with Crippen LogP contribution >= 0.6 is 11.3 Å². The smallest absolute Gasteiger partial charge is 0.265 e. The van der Waals surface area contributed by atoms with E-state index in [1.807, 2.05) is 18.2 Å². The van der Waals surface area contributed by atoms with Crippen molar-refractivity contribution in [1.82, 2.24) is 9.97 Å². The summed E-state index contributed by atoms with van der Waals surface area (Å²) in [7, 11) is 0. The van der Waals surface area contributed by atoms with Crippen molar-refractivity contribution in [2.24, 2.45) is 5.73 Å². The Labute approximate surface area is 177 Å². The molecule has 0 spiro atoms. The van der Waals surface area contributed by atoms with Crippen molar-refractivity contribution in [2.45, 2.75) is 38.5 Å². The van der Waals surface area contributed by atoms with Crippen LogP contribution in [0.15, 0.2) is 35.8 Å². The van der Waals surface area contributed by atoms with Gasteiger partial charge in [0.25, 0.3) is 5.91 Å². The number of H-pyrrole nitrogens is 1. The van der Waals surface area contributed by atoms with Crippen LogP contribution in [0.5, 0.6) is 0 Å². The van der Waals surface area contributed by atoms with Gasteiger partial charge in [0.2, 0.25) is 5.91 Å². The third-order valence-corrected chi connectivity index (χ3v) is 6.00. The van der Waals surface area contributed by atoms with Crippen molar-refractivity contribution in [1.29, 1.82) is 0 Å². The fourth-order valence-electron chi connectivity index (χ4n) is 3.61. The number of ketones is 1. The van der Waals surface area contributed by atoms with Crippen molar-refractivity contribution in [3.63, 3.8) is 0 Å². The Morgan fingerprint density at radius 3 is 2.67 bits per heavy atom. The average Bonchev–Trinajstić information content (AvgIpc) is 3.41. The molecule has 0 radical (unpaired) electrons. The molecule has 0 saturated carbocycles. The molecule has 7 nitrogen and oxygen atoms in total. The van der Waals surface area contributed by atoms with Gasteiger partial charge in [-0.25, -0.2) is 4.98 Å². The zero-order chi connectivity index (χ0) is 21.1. The van der Waals surface area contributed by atoms with Crippen LogP contribution in [-0.4, -0.2) is 27.6 Å². The molecule has 154 valence electrons. The number of anilines is 1. The van der Waals surface area contributed by atoms with Gasteiger partial charge in [-0.3, -0.25) is 14.4 Å². The molecule has 8 heteroatoms. The molecule has 4 rings (SSSR count). The zero-order valence-electron chi connectivity index (χ0n) is 16.4. The van der Waals surface area contributed by atoms with Crippen LogP contribution in [-0.2, 0) is 17.6 Å². The number of benzene rings is 1. The van der Waals surface area contributed by atoms with E-state index in [-0.39, 0.29) is 24.5 Å². The van der Waals surface area contributed by atoms with Gasteiger partial charge in [-0.2, -0.15) is 0 Å². The number of nitrogens with zero attached hydrogens (tertiary/aromatic N) is 1. The molecule has 0 saturated heterocycles. The number of hydrogen-bond donors (Lipinski definition) is 3. The number of fused-ring (bicyclic) bond motifs is 1. The quantitative estimate of drug-likeness (QED) is 0.503. The number of rotatable bonds is 7. The first-order chi connectivity index (χ1) is 14.5. The predicted molar refractivity (Wildman–Crippen MR) is 116 cm³/mol. The molecule has 0 unspecified atom stereocenters. The van der Waals surface area contributed by atoms with E-state index in [2.05, 4.69) is 15.3 Å².